The maximum Gasteiger partial charge on any atom is 0.227 e. The monoisotopic (exact) mass is 316 g/mol. The summed E-state index contributed by atoms with van der Waals surface area (Å²) in [5.41, 5.74) is 2.95. The van der Waals surface area contributed by atoms with Crippen LogP contribution in [0.15, 0.2) is 18.2 Å². The third kappa shape index (κ3) is 4.81. The number of nitrogens with zero attached hydrogens (tertiary/aromatic N) is 1. The molecular weight excluding hydrogens is 288 g/mol. The predicted molar refractivity (Wildman–Crippen MR) is 94.7 cm³/mol. The molecule has 0 atom stereocenters. The first-order valence-electron chi connectivity index (χ1n) is 8.53. The molecule has 0 bridgehead atoms. The summed E-state index contributed by atoms with van der Waals surface area (Å²) in [6, 6.07) is 5.88. The number of carbonyl (C=O) groups excluding carboxylic acids is 2. The highest BCUT2D eigenvalue weighted by Crippen LogP contribution is 2.31. The van der Waals surface area contributed by atoms with Crippen molar-refractivity contribution < 1.29 is 9.59 Å². The van der Waals surface area contributed by atoms with Crippen LogP contribution in [0.3, 0.4) is 0 Å². The van der Waals surface area contributed by atoms with E-state index in [9.17, 15) is 9.59 Å². The van der Waals surface area contributed by atoms with Gasteiger partial charge in [-0.25, -0.2) is 0 Å². The van der Waals surface area contributed by atoms with Crippen LogP contribution in [-0.4, -0.2) is 18.4 Å². The molecule has 0 unspecified atom stereocenters. The highest BCUT2D eigenvalue weighted by atomic mass is 16.2. The average molecular weight is 316 g/mol. The molecule has 4 nitrogen and oxygen atoms in total. The van der Waals surface area contributed by atoms with Gasteiger partial charge in [0, 0.05) is 30.8 Å². The van der Waals surface area contributed by atoms with E-state index in [0.717, 1.165) is 42.7 Å². The summed E-state index contributed by atoms with van der Waals surface area (Å²) in [5.74, 6) is 0.239. The van der Waals surface area contributed by atoms with Crippen molar-refractivity contribution in [2.24, 2.45) is 5.41 Å². The lowest BCUT2D eigenvalue weighted by molar-refractivity contribution is -0.119. The van der Waals surface area contributed by atoms with Crippen molar-refractivity contribution in [2.45, 2.75) is 59.8 Å². The van der Waals surface area contributed by atoms with Crippen molar-refractivity contribution in [1.82, 2.24) is 0 Å². The van der Waals surface area contributed by atoms with Gasteiger partial charge in [0.1, 0.15) is 0 Å². The van der Waals surface area contributed by atoms with Crippen LogP contribution in [0.2, 0.25) is 0 Å². The fourth-order valence-electron chi connectivity index (χ4n) is 2.89. The molecule has 4 heteroatoms. The van der Waals surface area contributed by atoms with E-state index in [1.165, 1.54) is 0 Å². The number of amides is 2. The topological polar surface area (TPSA) is 49.4 Å². The summed E-state index contributed by atoms with van der Waals surface area (Å²) in [6.45, 7) is 9.06. The van der Waals surface area contributed by atoms with Crippen molar-refractivity contribution in [3.63, 3.8) is 0 Å². The Morgan fingerprint density at radius 3 is 2.65 bits per heavy atom. The molecule has 0 saturated heterocycles. The highest BCUT2D eigenvalue weighted by molar-refractivity contribution is 5.97. The molecule has 1 aromatic carbocycles. The third-order valence-electron chi connectivity index (χ3n) is 3.99. The minimum absolute atomic E-state index is 0.0261. The fraction of sp³-hybridized carbons (Fsp3) is 0.579. The lowest BCUT2D eigenvalue weighted by Gasteiger charge is -2.30. The molecule has 0 fully saturated rings. The Bertz CT molecular complexity index is 588. The molecule has 2 rings (SSSR count). The highest BCUT2D eigenvalue weighted by Gasteiger charge is 2.24. The van der Waals surface area contributed by atoms with E-state index in [4.69, 9.17) is 0 Å². The summed E-state index contributed by atoms with van der Waals surface area (Å²) in [5, 5.41) is 2.98. The van der Waals surface area contributed by atoms with Gasteiger partial charge in [0.05, 0.1) is 0 Å². The van der Waals surface area contributed by atoms with Crippen LogP contribution in [0.25, 0.3) is 0 Å². The van der Waals surface area contributed by atoms with Crippen LogP contribution < -0.4 is 10.2 Å². The van der Waals surface area contributed by atoms with Crippen LogP contribution in [-0.2, 0) is 16.0 Å². The molecule has 23 heavy (non-hydrogen) atoms. The van der Waals surface area contributed by atoms with E-state index in [1.54, 1.807) is 0 Å². The third-order valence-corrected chi connectivity index (χ3v) is 3.99. The summed E-state index contributed by atoms with van der Waals surface area (Å²) in [4.78, 5) is 26.1. The minimum Gasteiger partial charge on any atom is -0.326 e. The van der Waals surface area contributed by atoms with Crippen LogP contribution in [0, 0.1) is 5.41 Å². The second-order valence-corrected chi connectivity index (χ2v) is 7.53. The van der Waals surface area contributed by atoms with Gasteiger partial charge in [0.15, 0.2) is 0 Å². The van der Waals surface area contributed by atoms with E-state index in [1.807, 2.05) is 23.1 Å². The zero-order valence-electron chi connectivity index (χ0n) is 14.7. The quantitative estimate of drug-likeness (QED) is 0.887. The Morgan fingerprint density at radius 2 is 2.00 bits per heavy atom. The van der Waals surface area contributed by atoms with Gasteiger partial charge in [-0.15, -0.1) is 0 Å². The number of fused-ring (bicyclic) bond motifs is 1. The van der Waals surface area contributed by atoms with Gasteiger partial charge in [0.2, 0.25) is 11.8 Å². The number of hydrogen-bond acceptors (Lipinski definition) is 2. The van der Waals surface area contributed by atoms with Gasteiger partial charge < -0.3 is 10.2 Å². The number of nitrogens with one attached hydrogen (secondary N) is 1. The van der Waals surface area contributed by atoms with Crippen LogP contribution in [0.4, 0.5) is 11.4 Å². The van der Waals surface area contributed by atoms with Gasteiger partial charge >= 0.3 is 0 Å². The van der Waals surface area contributed by atoms with Gasteiger partial charge in [-0.3, -0.25) is 9.59 Å². The Kier molecular flexibility index (Phi) is 5.45. The van der Waals surface area contributed by atoms with Crippen LogP contribution >= 0.6 is 0 Å². The second-order valence-electron chi connectivity index (χ2n) is 7.53. The van der Waals surface area contributed by atoms with E-state index < -0.39 is 0 Å². The SMILES string of the molecule is CCCCN1C(=O)CCc2cc(NC(=O)CC(C)(C)C)ccc21. The first kappa shape index (κ1) is 17.5. The molecule has 1 aliphatic heterocycles. The number of carbonyl (C=O) groups is 2. The molecule has 1 aliphatic rings. The molecule has 0 aliphatic carbocycles. The molecule has 0 radical (unpaired) electrons. The molecular formula is C19H28N2O2. The normalized spacial score (nSPS) is 14.6. The number of aryl methyl sites for hydroxylation is 1. The molecule has 0 spiro atoms. The van der Waals surface area contributed by atoms with Gasteiger partial charge in [0.25, 0.3) is 0 Å². The summed E-state index contributed by atoms with van der Waals surface area (Å²) >= 11 is 0. The maximum absolute atomic E-state index is 12.1. The smallest absolute Gasteiger partial charge is 0.227 e. The van der Waals surface area contributed by atoms with Gasteiger partial charge in [-0.05, 0) is 42.0 Å². The predicted octanol–water partition coefficient (Wildman–Crippen LogP) is 4.14. The van der Waals surface area contributed by atoms with E-state index in [2.05, 4.69) is 33.0 Å². The molecule has 1 N–H and O–H groups in total. The van der Waals surface area contributed by atoms with Crippen molar-refractivity contribution in [2.75, 3.05) is 16.8 Å². The van der Waals surface area contributed by atoms with E-state index in [0.29, 0.717) is 12.8 Å². The number of rotatable bonds is 5. The fourth-order valence-corrected chi connectivity index (χ4v) is 2.89. The van der Waals surface area contributed by atoms with Crippen LogP contribution in [0.5, 0.6) is 0 Å². The van der Waals surface area contributed by atoms with Crippen molar-refractivity contribution in [3.05, 3.63) is 23.8 Å². The van der Waals surface area contributed by atoms with E-state index in [-0.39, 0.29) is 17.2 Å². The standard InChI is InChI=1S/C19H28N2O2/c1-5-6-11-21-16-9-8-15(12-14(16)7-10-18(21)23)20-17(22)13-19(2,3)4/h8-9,12H,5-7,10-11,13H2,1-4H3,(H,20,22). The van der Waals surface area contributed by atoms with Crippen molar-refractivity contribution in [3.8, 4) is 0 Å². The summed E-state index contributed by atoms with van der Waals surface area (Å²) in [7, 11) is 0. The lowest BCUT2D eigenvalue weighted by Crippen LogP contribution is -2.35. The molecule has 126 valence electrons. The lowest BCUT2D eigenvalue weighted by atomic mass is 9.92. The zero-order chi connectivity index (χ0) is 17.0. The first-order valence-corrected chi connectivity index (χ1v) is 8.53. The molecule has 0 aromatic heterocycles. The molecule has 1 aromatic rings. The minimum atomic E-state index is -0.0261. The summed E-state index contributed by atoms with van der Waals surface area (Å²) in [6.07, 6.45) is 3.87. The Hall–Kier alpha value is -1.84. The molecule has 0 saturated carbocycles. The molecule has 1 heterocycles. The summed E-state index contributed by atoms with van der Waals surface area (Å²) < 4.78 is 0. The van der Waals surface area contributed by atoms with Crippen LogP contribution in [0.1, 0.15) is 58.9 Å². The number of anilines is 2. The van der Waals surface area contributed by atoms with Gasteiger partial charge in [-0.1, -0.05) is 34.1 Å². The van der Waals surface area contributed by atoms with Gasteiger partial charge in [-0.2, -0.15) is 0 Å². The Balaban J connectivity index is 2.13. The largest absolute Gasteiger partial charge is 0.326 e. The number of hydrogen-bond donors (Lipinski definition) is 1. The van der Waals surface area contributed by atoms with E-state index >= 15 is 0 Å². The average Bonchev–Trinajstić information content (AvgIpc) is 2.44. The Labute approximate surface area is 139 Å². The molecule has 2 amide bonds. The number of unbranched alkanes of at least 4 members (excludes halogenated alkanes) is 1. The Morgan fingerprint density at radius 1 is 1.26 bits per heavy atom. The number of benzene rings is 1. The van der Waals surface area contributed by atoms with Crippen molar-refractivity contribution >= 4 is 23.2 Å². The maximum atomic E-state index is 12.1. The first-order chi connectivity index (χ1) is 10.8. The zero-order valence-corrected chi connectivity index (χ0v) is 14.7. The van der Waals surface area contributed by atoms with Crippen molar-refractivity contribution in [1.29, 1.82) is 0 Å². The second kappa shape index (κ2) is 7.16.